The van der Waals surface area contributed by atoms with Crippen molar-refractivity contribution in [2.24, 2.45) is 5.92 Å². The Morgan fingerprint density at radius 1 is 0.744 bits per heavy atom. The first-order valence-electron chi connectivity index (χ1n) is 14.3. The molecular formula is C33H46N2O4. The van der Waals surface area contributed by atoms with Gasteiger partial charge in [0.05, 0.1) is 13.2 Å². The molecule has 0 aromatic carbocycles. The Balaban J connectivity index is 1.55. The molecule has 2 fully saturated rings. The van der Waals surface area contributed by atoms with Gasteiger partial charge in [0.2, 0.25) is 11.8 Å². The van der Waals surface area contributed by atoms with E-state index in [1.165, 1.54) is 13.2 Å². The van der Waals surface area contributed by atoms with Gasteiger partial charge in [-0.15, -0.1) is 0 Å². The lowest BCUT2D eigenvalue weighted by Crippen LogP contribution is -2.40. The van der Waals surface area contributed by atoms with E-state index in [1.54, 1.807) is 4.90 Å². The number of esters is 1. The highest BCUT2D eigenvalue weighted by atomic mass is 16.5. The maximum Gasteiger partial charge on any atom is 0.330 e. The number of allylic oxidation sites excluding steroid dienone is 12. The van der Waals surface area contributed by atoms with Crippen molar-refractivity contribution in [1.82, 2.24) is 9.80 Å². The van der Waals surface area contributed by atoms with Crippen LogP contribution in [0.15, 0.2) is 85.1 Å². The minimum atomic E-state index is -0.547. The summed E-state index contributed by atoms with van der Waals surface area (Å²) in [4.78, 5) is 40.0. The predicted octanol–water partition coefficient (Wildman–Crippen LogP) is 6.25. The molecule has 2 rings (SSSR count). The van der Waals surface area contributed by atoms with E-state index >= 15 is 0 Å². The molecule has 2 aliphatic rings. The summed E-state index contributed by atoms with van der Waals surface area (Å²) in [5, 5.41) is 0. The molecule has 2 aliphatic heterocycles. The van der Waals surface area contributed by atoms with Crippen molar-refractivity contribution in [3.8, 4) is 0 Å². The highest BCUT2D eigenvalue weighted by molar-refractivity contribution is 5.94. The number of ether oxygens (including phenoxy) is 1. The van der Waals surface area contributed by atoms with Gasteiger partial charge in [0.15, 0.2) is 0 Å². The standard InChI is InChI=1S/C33H46N2O4/c1-3-4-5-6-7-8-9-10-11-12-13-14-15-16-17-18-19-20-21-22-32(37)35-26-25-29-27-34(28-30(29)35)31(36)23-24-33(38)39-2/h4-5,7-8,10-11,13-14,16-17,19-20,23-24,29-30H,3,6,9,12,15,18,21-22,25-28H2,1-2H3/b5-4-,8-7-,11-10-,14-13-,17-16-,20-19-,24-23+. The second-order valence-corrected chi connectivity index (χ2v) is 9.76. The van der Waals surface area contributed by atoms with Crippen molar-refractivity contribution >= 4 is 17.8 Å². The van der Waals surface area contributed by atoms with Crippen LogP contribution in [0.3, 0.4) is 0 Å². The van der Waals surface area contributed by atoms with Crippen molar-refractivity contribution in [3.63, 3.8) is 0 Å². The first-order chi connectivity index (χ1) is 19.1. The van der Waals surface area contributed by atoms with Crippen molar-refractivity contribution in [2.45, 2.75) is 70.8 Å². The van der Waals surface area contributed by atoms with Crippen LogP contribution in [0, 0.1) is 5.92 Å². The van der Waals surface area contributed by atoms with Crippen LogP contribution < -0.4 is 0 Å². The number of rotatable bonds is 16. The van der Waals surface area contributed by atoms with Crippen LogP contribution >= 0.6 is 0 Å². The number of hydrogen-bond donors (Lipinski definition) is 0. The molecule has 6 nitrogen and oxygen atoms in total. The molecule has 212 valence electrons. The largest absolute Gasteiger partial charge is 0.466 e. The zero-order chi connectivity index (χ0) is 28.1. The van der Waals surface area contributed by atoms with Gasteiger partial charge in [-0.05, 0) is 51.4 Å². The fourth-order valence-electron chi connectivity index (χ4n) is 4.75. The van der Waals surface area contributed by atoms with E-state index in [0.29, 0.717) is 25.4 Å². The summed E-state index contributed by atoms with van der Waals surface area (Å²) in [6.45, 7) is 4.07. The number of carbonyl (C=O) groups is 3. The summed E-state index contributed by atoms with van der Waals surface area (Å²) in [6, 6.07) is 0.0817. The number of likely N-dealkylation sites (tertiary alicyclic amines) is 2. The molecule has 0 spiro atoms. The molecule has 2 heterocycles. The normalized spacial score (nSPS) is 19.9. The highest BCUT2D eigenvalue weighted by Crippen LogP contribution is 2.32. The van der Waals surface area contributed by atoms with Crippen LogP contribution in [0.4, 0.5) is 0 Å². The second kappa shape index (κ2) is 19.6. The molecule has 2 unspecified atom stereocenters. The average molecular weight is 535 g/mol. The van der Waals surface area contributed by atoms with E-state index in [0.717, 1.165) is 64.0 Å². The van der Waals surface area contributed by atoms with Gasteiger partial charge >= 0.3 is 5.97 Å². The maximum absolute atomic E-state index is 12.8. The average Bonchev–Trinajstić information content (AvgIpc) is 3.54. The summed E-state index contributed by atoms with van der Waals surface area (Å²) in [7, 11) is 1.28. The van der Waals surface area contributed by atoms with Gasteiger partial charge in [-0.25, -0.2) is 4.79 Å². The van der Waals surface area contributed by atoms with E-state index in [2.05, 4.69) is 84.6 Å². The molecule has 39 heavy (non-hydrogen) atoms. The Morgan fingerprint density at radius 2 is 1.28 bits per heavy atom. The lowest BCUT2D eigenvalue weighted by molar-refractivity contribution is -0.135. The van der Waals surface area contributed by atoms with Gasteiger partial charge in [-0.3, -0.25) is 9.59 Å². The van der Waals surface area contributed by atoms with Crippen LogP contribution in [-0.4, -0.2) is 60.4 Å². The summed E-state index contributed by atoms with van der Waals surface area (Å²) in [6.07, 6.45) is 36.5. The zero-order valence-electron chi connectivity index (χ0n) is 23.8. The number of carbonyl (C=O) groups excluding carboxylic acids is 3. The summed E-state index contributed by atoms with van der Waals surface area (Å²) < 4.78 is 4.53. The SMILES string of the molecule is CC/C=C\C/C=C\C/C=C\C/C=C\C/C=C\C/C=C\CCC(=O)N1CCC2CN(C(=O)/C=C/C(=O)OC)CC21. The molecule has 6 heteroatoms. The monoisotopic (exact) mass is 534 g/mol. The third-order valence-electron chi connectivity index (χ3n) is 6.86. The van der Waals surface area contributed by atoms with Gasteiger partial charge in [0, 0.05) is 44.1 Å². The van der Waals surface area contributed by atoms with Crippen LogP contribution in [0.25, 0.3) is 0 Å². The molecule has 0 aliphatic carbocycles. The van der Waals surface area contributed by atoms with Gasteiger partial charge in [-0.1, -0.05) is 79.8 Å². The van der Waals surface area contributed by atoms with E-state index in [1.807, 2.05) is 4.90 Å². The van der Waals surface area contributed by atoms with Crippen LogP contribution in [0.2, 0.25) is 0 Å². The van der Waals surface area contributed by atoms with Crippen molar-refractivity contribution in [3.05, 3.63) is 85.1 Å². The molecule has 0 aromatic heterocycles. The predicted molar refractivity (Wildman–Crippen MR) is 159 cm³/mol. The Bertz CT molecular complexity index is 970. The van der Waals surface area contributed by atoms with E-state index in [9.17, 15) is 14.4 Å². The molecule has 0 N–H and O–H groups in total. The lowest BCUT2D eigenvalue weighted by atomic mass is 10.1. The van der Waals surface area contributed by atoms with E-state index in [-0.39, 0.29) is 17.9 Å². The molecule has 2 saturated heterocycles. The Morgan fingerprint density at radius 3 is 1.82 bits per heavy atom. The maximum atomic E-state index is 12.8. The first-order valence-corrected chi connectivity index (χ1v) is 14.3. The topological polar surface area (TPSA) is 66.9 Å². The fraction of sp³-hybridized carbons (Fsp3) is 0.485. The van der Waals surface area contributed by atoms with Gasteiger partial charge in [-0.2, -0.15) is 0 Å². The highest BCUT2D eigenvalue weighted by Gasteiger charge is 2.43. The van der Waals surface area contributed by atoms with Crippen LogP contribution in [-0.2, 0) is 19.1 Å². The fourth-order valence-corrected chi connectivity index (χ4v) is 4.75. The molecule has 2 amide bonds. The van der Waals surface area contributed by atoms with Gasteiger partial charge in [0.1, 0.15) is 0 Å². The van der Waals surface area contributed by atoms with Crippen molar-refractivity contribution in [1.29, 1.82) is 0 Å². The van der Waals surface area contributed by atoms with Crippen molar-refractivity contribution < 1.29 is 19.1 Å². The van der Waals surface area contributed by atoms with Crippen LogP contribution in [0.1, 0.15) is 64.7 Å². The summed E-state index contributed by atoms with van der Waals surface area (Å²) in [5.74, 6) is -0.286. The van der Waals surface area contributed by atoms with Gasteiger partial charge < -0.3 is 14.5 Å². The number of fused-ring (bicyclic) bond motifs is 1. The minimum absolute atomic E-state index is 0.0817. The Kier molecular flexibility index (Phi) is 16.0. The smallest absolute Gasteiger partial charge is 0.330 e. The second-order valence-electron chi connectivity index (χ2n) is 9.76. The van der Waals surface area contributed by atoms with Crippen molar-refractivity contribution in [2.75, 3.05) is 26.7 Å². The number of amides is 2. The quantitative estimate of drug-likeness (QED) is 0.133. The molecule has 0 bridgehead atoms. The number of nitrogens with zero attached hydrogens (tertiary/aromatic N) is 2. The molecule has 2 atom stereocenters. The Hall–Kier alpha value is -3.41. The third-order valence-corrected chi connectivity index (χ3v) is 6.86. The number of methoxy groups -OCH3 is 1. The van der Waals surface area contributed by atoms with Crippen LogP contribution in [0.5, 0.6) is 0 Å². The molecule has 0 aromatic rings. The minimum Gasteiger partial charge on any atom is -0.466 e. The summed E-state index contributed by atoms with van der Waals surface area (Å²) >= 11 is 0. The molecule has 0 radical (unpaired) electrons. The molecular weight excluding hydrogens is 488 g/mol. The first kappa shape index (κ1) is 31.8. The lowest BCUT2D eigenvalue weighted by Gasteiger charge is -2.24. The number of hydrogen-bond acceptors (Lipinski definition) is 4. The van der Waals surface area contributed by atoms with E-state index in [4.69, 9.17) is 0 Å². The Labute approximate surface area is 235 Å². The van der Waals surface area contributed by atoms with E-state index < -0.39 is 5.97 Å². The summed E-state index contributed by atoms with van der Waals surface area (Å²) in [5.41, 5.74) is 0. The zero-order valence-corrected chi connectivity index (χ0v) is 23.8. The molecule has 0 saturated carbocycles. The third kappa shape index (κ3) is 12.8. The van der Waals surface area contributed by atoms with Gasteiger partial charge in [0.25, 0.3) is 0 Å².